The number of amides is 1. The van der Waals surface area contributed by atoms with Crippen LogP contribution in [0.15, 0.2) is 0 Å². The van der Waals surface area contributed by atoms with Crippen molar-refractivity contribution in [2.75, 3.05) is 20.2 Å². The Bertz CT molecular complexity index is 279. The van der Waals surface area contributed by atoms with Crippen molar-refractivity contribution in [1.29, 1.82) is 0 Å². The normalized spacial score (nSPS) is 25.5. The summed E-state index contributed by atoms with van der Waals surface area (Å²) in [7, 11) is 1.59. The number of hydrogen-bond donors (Lipinski definition) is 1. The summed E-state index contributed by atoms with van der Waals surface area (Å²) in [5.74, 6) is -0.798. The largest absolute Gasteiger partial charge is 0.481 e. The van der Waals surface area contributed by atoms with Crippen LogP contribution in [0, 0.1) is 0 Å². The quantitative estimate of drug-likeness (QED) is 0.777. The molecule has 1 fully saturated rings. The van der Waals surface area contributed by atoms with Gasteiger partial charge < -0.3 is 14.7 Å². The maximum Gasteiger partial charge on any atom is 0.303 e. The monoisotopic (exact) mass is 229 g/mol. The maximum atomic E-state index is 11.3. The summed E-state index contributed by atoms with van der Waals surface area (Å²) in [5, 5.41) is 8.69. The van der Waals surface area contributed by atoms with Crippen LogP contribution in [0.4, 0.5) is 0 Å². The first-order chi connectivity index (χ1) is 7.49. The van der Waals surface area contributed by atoms with E-state index in [1.54, 1.807) is 12.0 Å². The van der Waals surface area contributed by atoms with E-state index in [1.165, 1.54) is 6.92 Å². The van der Waals surface area contributed by atoms with Gasteiger partial charge in [0.15, 0.2) is 0 Å². The van der Waals surface area contributed by atoms with E-state index in [1.807, 2.05) is 0 Å². The van der Waals surface area contributed by atoms with Gasteiger partial charge in [0, 0.05) is 33.5 Å². The van der Waals surface area contributed by atoms with Crippen molar-refractivity contribution in [2.45, 2.75) is 38.2 Å². The number of carbonyl (C=O) groups excluding carboxylic acids is 1. The second kappa shape index (κ2) is 5.30. The molecular weight excluding hydrogens is 210 g/mol. The lowest BCUT2D eigenvalue weighted by molar-refractivity contribution is -0.143. The van der Waals surface area contributed by atoms with E-state index in [9.17, 15) is 9.59 Å². The van der Waals surface area contributed by atoms with Gasteiger partial charge in [-0.15, -0.1) is 0 Å². The molecule has 0 aromatic rings. The van der Waals surface area contributed by atoms with Gasteiger partial charge >= 0.3 is 5.97 Å². The Morgan fingerprint density at radius 2 is 2.19 bits per heavy atom. The SMILES string of the molecule is COC1(CCC(=O)O)CCCN(C(C)=O)C1. The number of hydrogen-bond acceptors (Lipinski definition) is 3. The van der Waals surface area contributed by atoms with Gasteiger partial charge in [0.05, 0.1) is 5.60 Å². The highest BCUT2D eigenvalue weighted by molar-refractivity contribution is 5.73. The predicted octanol–water partition coefficient (Wildman–Crippen LogP) is 0.879. The van der Waals surface area contributed by atoms with Gasteiger partial charge in [0.1, 0.15) is 0 Å². The molecule has 1 rings (SSSR count). The Kier molecular flexibility index (Phi) is 4.29. The molecule has 0 spiro atoms. The molecular formula is C11H19NO4. The van der Waals surface area contributed by atoms with E-state index in [-0.39, 0.29) is 12.3 Å². The van der Waals surface area contributed by atoms with Gasteiger partial charge in [-0.05, 0) is 19.3 Å². The first-order valence-corrected chi connectivity index (χ1v) is 5.51. The van der Waals surface area contributed by atoms with E-state index in [4.69, 9.17) is 9.84 Å². The summed E-state index contributed by atoms with van der Waals surface area (Å²) in [6.45, 7) is 2.78. The van der Waals surface area contributed by atoms with Gasteiger partial charge in [-0.1, -0.05) is 0 Å². The highest BCUT2D eigenvalue weighted by Crippen LogP contribution is 2.29. The minimum atomic E-state index is -0.823. The molecule has 0 saturated carbocycles. The fourth-order valence-corrected chi connectivity index (χ4v) is 2.17. The molecule has 0 aromatic heterocycles. The van der Waals surface area contributed by atoms with Crippen LogP contribution in [-0.4, -0.2) is 47.7 Å². The number of carbonyl (C=O) groups is 2. The number of piperidine rings is 1. The molecule has 0 radical (unpaired) electrons. The minimum Gasteiger partial charge on any atom is -0.481 e. The molecule has 5 heteroatoms. The molecule has 1 amide bonds. The molecule has 92 valence electrons. The molecule has 1 heterocycles. The third-order valence-electron chi connectivity index (χ3n) is 3.21. The van der Waals surface area contributed by atoms with Crippen molar-refractivity contribution in [3.63, 3.8) is 0 Å². The Morgan fingerprint density at radius 3 is 2.69 bits per heavy atom. The van der Waals surface area contributed by atoms with Crippen LogP contribution in [-0.2, 0) is 14.3 Å². The standard InChI is InChI=1S/C11H19NO4/c1-9(13)12-7-3-5-11(8-12,16-2)6-4-10(14)15/h3-8H2,1-2H3,(H,14,15). The van der Waals surface area contributed by atoms with Gasteiger partial charge in [0.2, 0.25) is 5.91 Å². The van der Waals surface area contributed by atoms with E-state index >= 15 is 0 Å². The van der Waals surface area contributed by atoms with Crippen LogP contribution in [0.25, 0.3) is 0 Å². The molecule has 1 N–H and O–H groups in total. The third kappa shape index (κ3) is 3.20. The topological polar surface area (TPSA) is 66.8 Å². The number of carboxylic acid groups (broad SMARTS) is 1. The lowest BCUT2D eigenvalue weighted by Crippen LogP contribution is -2.51. The van der Waals surface area contributed by atoms with Crippen LogP contribution in [0.5, 0.6) is 0 Å². The van der Waals surface area contributed by atoms with Gasteiger partial charge in [-0.3, -0.25) is 9.59 Å². The second-order valence-corrected chi connectivity index (χ2v) is 4.33. The second-order valence-electron chi connectivity index (χ2n) is 4.33. The summed E-state index contributed by atoms with van der Waals surface area (Å²) in [6.07, 6.45) is 2.23. The van der Waals surface area contributed by atoms with E-state index < -0.39 is 11.6 Å². The number of likely N-dealkylation sites (tertiary alicyclic amines) is 1. The number of carboxylic acids is 1. The Labute approximate surface area is 95.4 Å². The molecule has 1 aliphatic heterocycles. The first kappa shape index (κ1) is 13.0. The predicted molar refractivity (Wildman–Crippen MR) is 58.1 cm³/mol. The van der Waals surface area contributed by atoms with Crippen molar-refractivity contribution in [3.8, 4) is 0 Å². The van der Waals surface area contributed by atoms with Crippen LogP contribution < -0.4 is 0 Å². The Morgan fingerprint density at radius 1 is 1.50 bits per heavy atom. The van der Waals surface area contributed by atoms with Gasteiger partial charge in [-0.25, -0.2) is 0 Å². The number of ether oxygens (including phenoxy) is 1. The van der Waals surface area contributed by atoms with Crippen molar-refractivity contribution in [2.24, 2.45) is 0 Å². The summed E-state index contributed by atoms with van der Waals surface area (Å²) in [5.41, 5.74) is -0.470. The summed E-state index contributed by atoms with van der Waals surface area (Å²) in [4.78, 5) is 23.6. The van der Waals surface area contributed by atoms with Gasteiger partial charge in [-0.2, -0.15) is 0 Å². The van der Waals surface area contributed by atoms with Crippen LogP contribution >= 0.6 is 0 Å². The molecule has 1 unspecified atom stereocenters. The number of rotatable bonds is 4. The summed E-state index contributed by atoms with van der Waals surface area (Å²) < 4.78 is 5.45. The van der Waals surface area contributed by atoms with Crippen molar-refractivity contribution in [1.82, 2.24) is 4.90 Å². The molecule has 1 saturated heterocycles. The maximum absolute atomic E-state index is 11.3. The van der Waals surface area contributed by atoms with Crippen LogP contribution in [0.2, 0.25) is 0 Å². The van der Waals surface area contributed by atoms with Crippen LogP contribution in [0.3, 0.4) is 0 Å². The van der Waals surface area contributed by atoms with Gasteiger partial charge in [0.25, 0.3) is 0 Å². The van der Waals surface area contributed by atoms with E-state index in [0.29, 0.717) is 13.0 Å². The average Bonchev–Trinajstić information content (AvgIpc) is 2.26. The summed E-state index contributed by atoms with van der Waals surface area (Å²) >= 11 is 0. The van der Waals surface area contributed by atoms with Crippen molar-refractivity contribution < 1.29 is 19.4 Å². The smallest absolute Gasteiger partial charge is 0.303 e. The molecule has 1 aliphatic rings. The lowest BCUT2D eigenvalue weighted by Gasteiger charge is -2.41. The highest BCUT2D eigenvalue weighted by Gasteiger charge is 2.36. The van der Waals surface area contributed by atoms with Crippen molar-refractivity contribution >= 4 is 11.9 Å². The highest BCUT2D eigenvalue weighted by atomic mass is 16.5. The molecule has 16 heavy (non-hydrogen) atoms. The fourth-order valence-electron chi connectivity index (χ4n) is 2.17. The van der Waals surface area contributed by atoms with E-state index in [0.717, 1.165) is 19.4 Å². The average molecular weight is 229 g/mol. The number of nitrogens with zero attached hydrogens (tertiary/aromatic N) is 1. The third-order valence-corrected chi connectivity index (χ3v) is 3.21. The summed E-state index contributed by atoms with van der Waals surface area (Å²) in [6, 6.07) is 0. The molecule has 5 nitrogen and oxygen atoms in total. The van der Waals surface area contributed by atoms with Crippen LogP contribution in [0.1, 0.15) is 32.6 Å². The lowest BCUT2D eigenvalue weighted by atomic mass is 9.88. The zero-order valence-electron chi connectivity index (χ0n) is 9.86. The zero-order chi connectivity index (χ0) is 12.2. The molecule has 0 aromatic carbocycles. The zero-order valence-corrected chi connectivity index (χ0v) is 9.86. The first-order valence-electron chi connectivity index (χ1n) is 5.51. The number of aliphatic carboxylic acids is 1. The minimum absolute atomic E-state index is 0.0245. The Balaban J connectivity index is 2.63. The molecule has 0 aliphatic carbocycles. The van der Waals surface area contributed by atoms with E-state index in [2.05, 4.69) is 0 Å². The fraction of sp³-hybridized carbons (Fsp3) is 0.818. The molecule has 0 bridgehead atoms. The molecule has 1 atom stereocenters. The Hall–Kier alpha value is -1.10. The van der Waals surface area contributed by atoms with Crippen molar-refractivity contribution in [3.05, 3.63) is 0 Å². The number of methoxy groups -OCH3 is 1.